The molecule has 0 N–H and O–H groups in total. The minimum atomic E-state index is -0.454. The number of benzene rings is 3. The fraction of sp³-hybridized carbons (Fsp3) is 0.120. The Bertz CT molecular complexity index is 919. The van der Waals surface area contributed by atoms with Crippen molar-refractivity contribution in [2.24, 2.45) is 0 Å². The third-order valence-electron chi connectivity index (χ3n) is 5.41. The van der Waals surface area contributed by atoms with Crippen molar-refractivity contribution in [3.63, 3.8) is 0 Å². The molecule has 0 spiro atoms. The summed E-state index contributed by atoms with van der Waals surface area (Å²) in [5, 5.41) is 0. The summed E-state index contributed by atoms with van der Waals surface area (Å²) in [6.07, 6.45) is 6.56. The summed E-state index contributed by atoms with van der Waals surface area (Å²) in [5.41, 5.74) is 4.36. The Morgan fingerprint density at radius 1 is 0.630 bits per heavy atom. The second-order valence-corrected chi connectivity index (χ2v) is 7.08. The number of hydrogen-bond donors (Lipinski definition) is 0. The smallest absolute Gasteiger partial charge is 0.121 e. The Morgan fingerprint density at radius 3 is 1.48 bits per heavy atom. The van der Waals surface area contributed by atoms with Crippen molar-refractivity contribution < 1.29 is 0 Å². The van der Waals surface area contributed by atoms with Crippen molar-refractivity contribution in [3.8, 4) is 0 Å². The minimum Gasteiger partial charge on any atom is -0.319 e. The van der Waals surface area contributed by atoms with E-state index in [1.807, 2.05) is 6.33 Å². The SMILES string of the molecule is c1ccc(C(c2ccccc2)(c2ccccc2)n2cnc([C]3CC3)c2)cc1. The number of rotatable bonds is 5. The molecule has 1 heterocycles. The fourth-order valence-electron chi connectivity index (χ4n) is 3.99. The molecule has 131 valence electrons. The van der Waals surface area contributed by atoms with Gasteiger partial charge in [0.25, 0.3) is 0 Å². The molecule has 1 aliphatic carbocycles. The highest BCUT2D eigenvalue weighted by Crippen LogP contribution is 2.43. The van der Waals surface area contributed by atoms with Crippen LogP contribution in [0.3, 0.4) is 0 Å². The maximum atomic E-state index is 4.75. The molecule has 4 aromatic rings. The van der Waals surface area contributed by atoms with Gasteiger partial charge in [-0.05, 0) is 29.5 Å². The highest BCUT2D eigenvalue weighted by atomic mass is 15.1. The molecule has 2 nitrogen and oxygen atoms in total. The summed E-state index contributed by atoms with van der Waals surface area (Å²) in [6, 6.07) is 32.2. The molecule has 0 aliphatic heterocycles. The van der Waals surface area contributed by atoms with Crippen molar-refractivity contribution in [1.29, 1.82) is 0 Å². The van der Waals surface area contributed by atoms with Gasteiger partial charge in [0.05, 0.1) is 12.0 Å². The summed E-state index contributed by atoms with van der Waals surface area (Å²) >= 11 is 0. The fourth-order valence-corrected chi connectivity index (χ4v) is 3.99. The molecule has 0 amide bonds. The van der Waals surface area contributed by atoms with Gasteiger partial charge in [0, 0.05) is 12.1 Å². The van der Waals surface area contributed by atoms with Gasteiger partial charge in [-0.15, -0.1) is 0 Å². The first-order valence-electron chi connectivity index (χ1n) is 9.45. The van der Waals surface area contributed by atoms with Crippen LogP contribution in [0, 0.1) is 5.92 Å². The van der Waals surface area contributed by atoms with Crippen LogP contribution < -0.4 is 0 Å². The van der Waals surface area contributed by atoms with Crippen LogP contribution >= 0.6 is 0 Å². The largest absolute Gasteiger partial charge is 0.319 e. The van der Waals surface area contributed by atoms with E-state index >= 15 is 0 Å². The van der Waals surface area contributed by atoms with E-state index in [4.69, 9.17) is 4.98 Å². The lowest BCUT2D eigenvalue weighted by molar-refractivity contribution is 0.514. The Labute approximate surface area is 160 Å². The van der Waals surface area contributed by atoms with Crippen LogP contribution in [0.2, 0.25) is 0 Å². The van der Waals surface area contributed by atoms with Gasteiger partial charge in [0.1, 0.15) is 5.54 Å². The second-order valence-electron chi connectivity index (χ2n) is 7.08. The second kappa shape index (κ2) is 6.55. The first-order chi connectivity index (χ1) is 13.4. The number of imidazole rings is 1. The molecule has 1 aliphatic rings. The molecule has 5 rings (SSSR count). The van der Waals surface area contributed by atoms with Gasteiger partial charge in [-0.25, -0.2) is 4.98 Å². The van der Waals surface area contributed by atoms with Gasteiger partial charge in [-0.2, -0.15) is 0 Å². The summed E-state index contributed by atoms with van der Waals surface area (Å²) in [7, 11) is 0. The van der Waals surface area contributed by atoms with Crippen molar-refractivity contribution >= 4 is 0 Å². The zero-order valence-corrected chi connectivity index (χ0v) is 15.1. The maximum Gasteiger partial charge on any atom is 0.121 e. The molecular weight excluding hydrogens is 328 g/mol. The maximum absolute atomic E-state index is 4.75. The van der Waals surface area contributed by atoms with E-state index in [1.54, 1.807) is 0 Å². The molecule has 1 radical (unpaired) electrons. The van der Waals surface area contributed by atoms with Crippen LogP contribution in [0.4, 0.5) is 0 Å². The Hall–Kier alpha value is -3.13. The van der Waals surface area contributed by atoms with Crippen molar-refractivity contribution in [2.45, 2.75) is 18.4 Å². The lowest BCUT2D eigenvalue weighted by atomic mass is 9.77. The standard InChI is InChI=1S/C25H21N2/c1-4-10-21(11-5-1)25(22-12-6-2-7-13-22,23-14-8-3-9-15-23)27-18-24(26-19-27)20-16-17-20/h1-15,18-19H,16-17H2. The van der Waals surface area contributed by atoms with Crippen LogP contribution in [0.5, 0.6) is 0 Å². The minimum absolute atomic E-state index is 0.454. The highest BCUT2D eigenvalue weighted by Gasteiger charge is 2.39. The first kappa shape index (κ1) is 16.1. The highest BCUT2D eigenvalue weighted by molar-refractivity contribution is 5.51. The normalized spacial score (nSPS) is 14.2. The summed E-state index contributed by atoms with van der Waals surface area (Å²) in [5.74, 6) is 1.46. The van der Waals surface area contributed by atoms with Crippen molar-refractivity contribution in [1.82, 2.24) is 9.55 Å². The van der Waals surface area contributed by atoms with Crippen LogP contribution in [0.15, 0.2) is 104 Å². The Kier molecular flexibility index (Phi) is 3.90. The van der Waals surface area contributed by atoms with Gasteiger partial charge in [-0.3, -0.25) is 0 Å². The molecular formula is C25H21N2. The quantitative estimate of drug-likeness (QED) is 0.439. The van der Waals surface area contributed by atoms with Gasteiger partial charge in [0.15, 0.2) is 0 Å². The Morgan fingerprint density at radius 2 is 1.07 bits per heavy atom. The average molecular weight is 349 g/mol. The number of nitrogens with zero attached hydrogens (tertiary/aromatic N) is 2. The first-order valence-corrected chi connectivity index (χ1v) is 9.45. The van der Waals surface area contributed by atoms with E-state index in [2.05, 4.69) is 102 Å². The Balaban J connectivity index is 1.84. The summed E-state index contributed by atoms with van der Waals surface area (Å²) in [4.78, 5) is 4.75. The number of aromatic nitrogens is 2. The molecule has 1 saturated carbocycles. The third-order valence-corrected chi connectivity index (χ3v) is 5.41. The van der Waals surface area contributed by atoms with Crippen molar-refractivity contribution in [2.75, 3.05) is 0 Å². The summed E-state index contributed by atoms with van der Waals surface area (Å²) in [6.45, 7) is 0. The van der Waals surface area contributed by atoms with Crippen LogP contribution in [0.1, 0.15) is 35.2 Å². The molecule has 1 aromatic heterocycles. The average Bonchev–Trinajstić information content (AvgIpc) is 3.49. The molecule has 3 aromatic carbocycles. The van der Waals surface area contributed by atoms with Crippen LogP contribution in [0.25, 0.3) is 0 Å². The predicted octanol–water partition coefficient (Wildman–Crippen LogP) is 5.44. The van der Waals surface area contributed by atoms with E-state index in [9.17, 15) is 0 Å². The predicted molar refractivity (Wildman–Crippen MR) is 108 cm³/mol. The zero-order chi connectivity index (χ0) is 18.1. The van der Waals surface area contributed by atoms with E-state index in [0.29, 0.717) is 0 Å². The van der Waals surface area contributed by atoms with Gasteiger partial charge < -0.3 is 4.57 Å². The lowest BCUT2D eigenvalue weighted by Gasteiger charge is -2.37. The molecule has 0 atom stereocenters. The van der Waals surface area contributed by atoms with Crippen LogP contribution in [-0.2, 0) is 5.54 Å². The molecule has 27 heavy (non-hydrogen) atoms. The van der Waals surface area contributed by atoms with E-state index < -0.39 is 5.54 Å². The monoisotopic (exact) mass is 349 g/mol. The van der Waals surface area contributed by atoms with Crippen molar-refractivity contribution in [3.05, 3.63) is 132 Å². The number of hydrogen-bond acceptors (Lipinski definition) is 1. The summed E-state index contributed by atoms with van der Waals surface area (Å²) < 4.78 is 2.29. The third kappa shape index (κ3) is 2.69. The van der Waals surface area contributed by atoms with Gasteiger partial charge in [0.2, 0.25) is 0 Å². The van der Waals surface area contributed by atoms with Crippen LogP contribution in [-0.4, -0.2) is 9.55 Å². The van der Waals surface area contributed by atoms with E-state index in [0.717, 1.165) is 5.69 Å². The molecule has 2 heteroatoms. The molecule has 0 saturated heterocycles. The lowest BCUT2D eigenvalue weighted by Crippen LogP contribution is -2.36. The van der Waals surface area contributed by atoms with E-state index in [1.165, 1.54) is 35.4 Å². The van der Waals surface area contributed by atoms with Gasteiger partial charge in [-0.1, -0.05) is 91.0 Å². The molecule has 0 unspecified atom stereocenters. The molecule has 0 bridgehead atoms. The van der Waals surface area contributed by atoms with E-state index in [-0.39, 0.29) is 0 Å². The molecule has 1 fully saturated rings. The van der Waals surface area contributed by atoms with Gasteiger partial charge >= 0.3 is 0 Å². The zero-order valence-electron chi connectivity index (χ0n) is 15.1. The topological polar surface area (TPSA) is 17.8 Å².